The van der Waals surface area contributed by atoms with E-state index >= 15 is 0 Å². The molecule has 148 valence electrons. The molecule has 29 heavy (non-hydrogen) atoms. The number of pyridine rings is 2. The van der Waals surface area contributed by atoms with E-state index in [1.807, 2.05) is 37.3 Å². The highest BCUT2D eigenvalue weighted by Gasteiger charge is 2.42. The van der Waals surface area contributed by atoms with Crippen molar-refractivity contribution in [2.75, 3.05) is 13.2 Å². The summed E-state index contributed by atoms with van der Waals surface area (Å²) in [6.45, 7) is 2.55. The Balaban J connectivity index is 1.74. The Morgan fingerprint density at radius 2 is 2.17 bits per heavy atom. The molecule has 2 aromatic heterocycles. The molecule has 0 fully saturated rings. The van der Waals surface area contributed by atoms with Gasteiger partial charge >= 0.3 is 5.97 Å². The molecule has 5 rings (SSSR count). The second kappa shape index (κ2) is 6.50. The van der Waals surface area contributed by atoms with Crippen molar-refractivity contribution in [3.8, 4) is 11.4 Å². The van der Waals surface area contributed by atoms with Gasteiger partial charge in [-0.15, -0.1) is 0 Å². The predicted octanol–water partition coefficient (Wildman–Crippen LogP) is 2.06. The van der Waals surface area contributed by atoms with Gasteiger partial charge in [0, 0.05) is 16.5 Å². The molecule has 7 heteroatoms. The largest absolute Gasteiger partial charge is 0.451 e. The van der Waals surface area contributed by atoms with E-state index in [9.17, 15) is 9.59 Å². The quantitative estimate of drug-likeness (QED) is 0.537. The Bertz CT molecular complexity index is 1220. The number of esters is 1. The highest BCUT2D eigenvalue weighted by Crippen LogP contribution is 2.40. The van der Waals surface area contributed by atoms with Crippen LogP contribution in [0.25, 0.3) is 22.3 Å². The Morgan fingerprint density at radius 3 is 2.97 bits per heavy atom. The lowest BCUT2D eigenvalue weighted by atomic mass is 9.86. The van der Waals surface area contributed by atoms with Crippen LogP contribution in [0.4, 0.5) is 0 Å². The number of ether oxygens (including phenoxy) is 2. The molecule has 1 atom stereocenters. The zero-order valence-electron chi connectivity index (χ0n) is 16.1. The summed E-state index contributed by atoms with van der Waals surface area (Å²) in [5, 5.41) is 1.04. The molecular weight excluding hydrogens is 370 g/mol. The van der Waals surface area contributed by atoms with Gasteiger partial charge in [0.15, 0.2) is 5.60 Å². The number of hydrogen-bond acceptors (Lipinski definition) is 6. The molecule has 3 aromatic rings. The number of carbonyl (C=O) groups is 1. The fourth-order valence-electron chi connectivity index (χ4n) is 4.37. The zero-order valence-corrected chi connectivity index (χ0v) is 16.1. The highest BCUT2D eigenvalue weighted by atomic mass is 16.6. The molecule has 0 bridgehead atoms. The van der Waals surface area contributed by atoms with Crippen LogP contribution in [0.2, 0.25) is 0 Å². The van der Waals surface area contributed by atoms with Crippen LogP contribution in [0.3, 0.4) is 0 Å². The summed E-state index contributed by atoms with van der Waals surface area (Å²) in [5.74, 6) is -0.520. The average Bonchev–Trinajstić information content (AvgIpc) is 3.10. The fraction of sp³-hybridized carbons (Fsp3) is 0.318. The van der Waals surface area contributed by atoms with Crippen molar-refractivity contribution >= 4 is 16.9 Å². The van der Waals surface area contributed by atoms with Gasteiger partial charge in [0.2, 0.25) is 0 Å². The molecule has 0 amide bonds. The van der Waals surface area contributed by atoms with Crippen molar-refractivity contribution in [2.24, 2.45) is 5.73 Å². The fourth-order valence-corrected chi connectivity index (χ4v) is 4.37. The average molecular weight is 391 g/mol. The van der Waals surface area contributed by atoms with Gasteiger partial charge in [0.05, 0.1) is 48.8 Å². The van der Waals surface area contributed by atoms with E-state index in [4.69, 9.17) is 20.2 Å². The number of para-hydroxylation sites is 1. The molecule has 0 saturated carbocycles. The Labute approximate surface area is 167 Å². The molecule has 0 spiro atoms. The van der Waals surface area contributed by atoms with Gasteiger partial charge in [-0.3, -0.25) is 9.59 Å². The minimum absolute atomic E-state index is 0.124. The van der Waals surface area contributed by atoms with Gasteiger partial charge in [-0.25, -0.2) is 4.98 Å². The molecule has 0 saturated heterocycles. The molecular formula is C22H21N3O4. The standard InChI is InChI=1S/C22H21N3O4/c1-2-22(29-19(26)9-23)12-28-11-15-16(22)8-18-20-14(10-25(18)21(15)27)7-13-5-3-4-6-17(13)24-20/h3-8H,2,9-12,23H2,1H3/t22-/m1/s1. The lowest BCUT2D eigenvalue weighted by Gasteiger charge is -2.37. The predicted molar refractivity (Wildman–Crippen MR) is 107 cm³/mol. The van der Waals surface area contributed by atoms with Gasteiger partial charge in [-0.05, 0) is 24.6 Å². The van der Waals surface area contributed by atoms with Crippen LogP contribution in [0, 0.1) is 0 Å². The number of benzene rings is 1. The van der Waals surface area contributed by atoms with Crippen molar-refractivity contribution in [3.05, 3.63) is 63.4 Å². The maximum Gasteiger partial charge on any atom is 0.320 e. The van der Waals surface area contributed by atoms with E-state index in [1.165, 1.54) is 0 Å². The molecule has 4 heterocycles. The lowest BCUT2D eigenvalue weighted by molar-refractivity contribution is -0.171. The topological polar surface area (TPSA) is 96.4 Å². The van der Waals surface area contributed by atoms with Crippen LogP contribution >= 0.6 is 0 Å². The SMILES string of the molecule is CC[C@@]1(OC(=O)CN)COCc2c1cc1n(c2=O)Cc2cc3ccccc3nc2-1. The first kappa shape index (κ1) is 18.0. The lowest BCUT2D eigenvalue weighted by Crippen LogP contribution is -2.44. The van der Waals surface area contributed by atoms with E-state index < -0.39 is 11.6 Å². The highest BCUT2D eigenvalue weighted by molar-refractivity contribution is 5.84. The van der Waals surface area contributed by atoms with E-state index in [0.29, 0.717) is 24.1 Å². The summed E-state index contributed by atoms with van der Waals surface area (Å²) in [6, 6.07) is 11.9. The van der Waals surface area contributed by atoms with Crippen LogP contribution in [0.5, 0.6) is 0 Å². The van der Waals surface area contributed by atoms with Crippen LogP contribution in [-0.2, 0) is 33.0 Å². The number of aromatic nitrogens is 2. The van der Waals surface area contributed by atoms with Crippen molar-refractivity contribution in [3.63, 3.8) is 0 Å². The number of nitrogens with zero attached hydrogens (tertiary/aromatic N) is 2. The van der Waals surface area contributed by atoms with E-state index in [-0.39, 0.29) is 25.3 Å². The van der Waals surface area contributed by atoms with Gasteiger partial charge in [-0.1, -0.05) is 25.1 Å². The summed E-state index contributed by atoms with van der Waals surface area (Å²) in [7, 11) is 0. The summed E-state index contributed by atoms with van der Waals surface area (Å²) in [5.41, 5.74) is 8.99. The molecule has 0 radical (unpaired) electrons. The van der Waals surface area contributed by atoms with E-state index in [1.54, 1.807) is 4.57 Å². The van der Waals surface area contributed by atoms with Gasteiger partial charge in [0.1, 0.15) is 0 Å². The third-order valence-corrected chi connectivity index (χ3v) is 5.89. The number of hydrogen-bond donors (Lipinski definition) is 1. The van der Waals surface area contributed by atoms with Crippen LogP contribution in [-0.4, -0.2) is 28.7 Å². The van der Waals surface area contributed by atoms with Gasteiger partial charge < -0.3 is 19.8 Å². The van der Waals surface area contributed by atoms with Crippen molar-refractivity contribution in [1.82, 2.24) is 9.55 Å². The van der Waals surface area contributed by atoms with Gasteiger partial charge in [0.25, 0.3) is 5.56 Å². The minimum Gasteiger partial charge on any atom is -0.451 e. The second-order valence-corrected chi connectivity index (χ2v) is 7.52. The monoisotopic (exact) mass is 391 g/mol. The Kier molecular flexibility index (Phi) is 4.04. The first-order valence-corrected chi connectivity index (χ1v) is 9.72. The molecule has 7 nitrogen and oxygen atoms in total. The number of nitrogens with two attached hydrogens (primary N) is 1. The molecule has 2 aliphatic rings. The van der Waals surface area contributed by atoms with Crippen molar-refractivity contribution < 1.29 is 14.3 Å². The van der Waals surface area contributed by atoms with Crippen molar-refractivity contribution in [2.45, 2.75) is 32.1 Å². The molecule has 1 aromatic carbocycles. The van der Waals surface area contributed by atoms with Crippen LogP contribution in [0.15, 0.2) is 41.2 Å². The number of carbonyl (C=O) groups excluding carboxylic acids is 1. The second-order valence-electron chi connectivity index (χ2n) is 7.52. The number of rotatable bonds is 3. The smallest absolute Gasteiger partial charge is 0.320 e. The summed E-state index contributed by atoms with van der Waals surface area (Å²) in [4.78, 5) is 30.2. The Hall–Kier alpha value is -3.03. The molecule has 0 unspecified atom stereocenters. The van der Waals surface area contributed by atoms with E-state index in [2.05, 4.69) is 6.07 Å². The van der Waals surface area contributed by atoms with E-state index in [0.717, 1.165) is 27.9 Å². The van der Waals surface area contributed by atoms with Crippen LogP contribution < -0.4 is 11.3 Å². The first-order valence-electron chi connectivity index (χ1n) is 9.72. The zero-order chi connectivity index (χ0) is 20.2. The third kappa shape index (κ3) is 2.62. The summed E-state index contributed by atoms with van der Waals surface area (Å²) in [6.07, 6.45) is 0.479. The summed E-state index contributed by atoms with van der Waals surface area (Å²) < 4.78 is 13.1. The maximum absolute atomic E-state index is 13.3. The molecule has 2 N–H and O–H groups in total. The van der Waals surface area contributed by atoms with Crippen molar-refractivity contribution in [1.29, 1.82) is 0 Å². The van der Waals surface area contributed by atoms with Gasteiger partial charge in [-0.2, -0.15) is 0 Å². The molecule has 2 aliphatic heterocycles. The number of fused-ring (bicyclic) bond motifs is 5. The normalized spacial score (nSPS) is 19.5. The summed E-state index contributed by atoms with van der Waals surface area (Å²) >= 11 is 0. The first-order chi connectivity index (χ1) is 14.1. The maximum atomic E-state index is 13.3. The third-order valence-electron chi connectivity index (χ3n) is 5.89. The Morgan fingerprint density at radius 1 is 1.34 bits per heavy atom. The minimum atomic E-state index is -1.02. The van der Waals surface area contributed by atoms with Crippen LogP contribution in [0.1, 0.15) is 30.0 Å². The molecule has 0 aliphatic carbocycles.